The zero-order valence-corrected chi connectivity index (χ0v) is 9.11. The highest BCUT2D eigenvalue weighted by molar-refractivity contribution is 6.11. The number of hydrogen-bond donors (Lipinski definition) is 0. The molecule has 1 aliphatic rings. The summed E-state index contributed by atoms with van der Waals surface area (Å²) in [7, 11) is 0. The zero-order valence-electron chi connectivity index (χ0n) is 9.11. The van der Waals surface area contributed by atoms with Crippen LogP contribution in [-0.4, -0.2) is 10.8 Å². The van der Waals surface area contributed by atoms with Gasteiger partial charge in [0.1, 0.15) is 5.82 Å². The van der Waals surface area contributed by atoms with E-state index in [0.29, 0.717) is 29.5 Å². The van der Waals surface area contributed by atoms with Crippen LogP contribution in [0.5, 0.6) is 0 Å². The normalized spacial score (nSPS) is 13.8. The summed E-state index contributed by atoms with van der Waals surface area (Å²) in [6.07, 6.45) is 4.47. The monoisotopic (exact) mass is 227 g/mol. The number of aromatic nitrogens is 1. The molecule has 3 rings (SSSR count). The lowest BCUT2D eigenvalue weighted by molar-refractivity contribution is 0.103. The van der Waals surface area contributed by atoms with Gasteiger partial charge in [-0.2, -0.15) is 0 Å². The van der Waals surface area contributed by atoms with Crippen molar-refractivity contribution in [3.8, 4) is 0 Å². The number of nitrogens with zero attached hydrogens (tertiary/aromatic N) is 1. The van der Waals surface area contributed by atoms with Crippen molar-refractivity contribution in [3.05, 3.63) is 64.7 Å². The van der Waals surface area contributed by atoms with Crippen molar-refractivity contribution in [1.82, 2.24) is 4.98 Å². The number of pyridine rings is 1. The van der Waals surface area contributed by atoms with Gasteiger partial charge in [0.25, 0.3) is 0 Å². The number of carbonyl (C=O) groups excluding carboxylic acids is 1. The van der Waals surface area contributed by atoms with Crippen molar-refractivity contribution in [2.45, 2.75) is 12.8 Å². The molecule has 1 aliphatic carbocycles. The summed E-state index contributed by atoms with van der Waals surface area (Å²) in [5.74, 6) is -0.420. The van der Waals surface area contributed by atoms with Gasteiger partial charge in [-0.1, -0.05) is 12.1 Å². The number of ketones is 1. The van der Waals surface area contributed by atoms with Crippen LogP contribution in [0.15, 0.2) is 36.7 Å². The maximum Gasteiger partial charge on any atom is 0.195 e. The molecule has 0 radical (unpaired) electrons. The van der Waals surface area contributed by atoms with Gasteiger partial charge in [0.15, 0.2) is 5.78 Å². The van der Waals surface area contributed by atoms with Crippen molar-refractivity contribution in [1.29, 1.82) is 0 Å². The first kappa shape index (κ1) is 10.1. The summed E-state index contributed by atoms with van der Waals surface area (Å²) < 4.78 is 13.7. The van der Waals surface area contributed by atoms with Gasteiger partial charge in [0.05, 0.1) is 0 Å². The largest absolute Gasteiger partial charge is 0.289 e. The molecule has 0 bridgehead atoms. The van der Waals surface area contributed by atoms with E-state index in [2.05, 4.69) is 4.98 Å². The van der Waals surface area contributed by atoms with Gasteiger partial charge >= 0.3 is 0 Å². The summed E-state index contributed by atoms with van der Waals surface area (Å²) in [6, 6.07) is 6.49. The Kier molecular flexibility index (Phi) is 2.25. The summed E-state index contributed by atoms with van der Waals surface area (Å²) in [5, 5.41) is 0. The SMILES string of the molecule is O=C1c2cnccc2CCc2c(F)cccc21. The average Bonchev–Trinajstić information content (AvgIpc) is 2.50. The van der Waals surface area contributed by atoms with Crippen LogP contribution in [0.4, 0.5) is 4.39 Å². The van der Waals surface area contributed by atoms with E-state index in [1.54, 1.807) is 24.5 Å². The molecular weight excluding hydrogens is 217 g/mol. The number of hydrogen-bond acceptors (Lipinski definition) is 2. The molecule has 2 aromatic rings. The highest BCUT2D eigenvalue weighted by Crippen LogP contribution is 2.25. The van der Waals surface area contributed by atoms with E-state index in [0.717, 1.165) is 5.56 Å². The third-order valence-electron chi connectivity index (χ3n) is 3.16. The second-order valence-corrected chi connectivity index (χ2v) is 4.13. The number of aryl methyl sites for hydroxylation is 1. The standard InChI is InChI=1S/C14H10FNO/c15-13-3-1-2-11-10(13)5-4-9-6-7-16-8-12(9)14(11)17/h1-3,6-8H,4-5H2. The molecule has 1 aromatic carbocycles. The van der Waals surface area contributed by atoms with Crippen LogP contribution in [0, 0.1) is 5.82 Å². The quantitative estimate of drug-likeness (QED) is 0.692. The van der Waals surface area contributed by atoms with E-state index in [9.17, 15) is 9.18 Å². The molecule has 17 heavy (non-hydrogen) atoms. The van der Waals surface area contributed by atoms with Crippen molar-refractivity contribution in [2.75, 3.05) is 0 Å². The second-order valence-electron chi connectivity index (χ2n) is 4.13. The van der Waals surface area contributed by atoms with Crippen molar-refractivity contribution >= 4 is 5.78 Å². The van der Waals surface area contributed by atoms with Crippen LogP contribution < -0.4 is 0 Å². The highest BCUT2D eigenvalue weighted by atomic mass is 19.1. The van der Waals surface area contributed by atoms with E-state index < -0.39 is 0 Å². The van der Waals surface area contributed by atoms with Gasteiger partial charge < -0.3 is 0 Å². The highest BCUT2D eigenvalue weighted by Gasteiger charge is 2.22. The Morgan fingerprint density at radius 1 is 1.12 bits per heavy atom. The fourth-order valence-corrected chi connectivity index (χ4v) is 2.28. The minimum absolute atomic E-state index is 0.125. The molecule has 0 amide bonds. The number of carbonyl (C=O) groups is 1. The summed E-state index contributed by atoms with van der Waals surface area (Å²) >= 11 is 0. The van der Waals surface area contributed by atoms with E-state index >= 15 is 0 Å². The van der Waals surface area contributed by atoms with Gasteiger partial charge in [-0.25, -0.2) is 4.39 Å². The zero-order chi connectivity index (χ0) is 11.8. The molecule has 0 spiro atoms. The van der Waals surface area contributed by atoms with Crippen LogP contribution in [0.1, 0.15) is 27.0 Å². The van der Waals surface area contributed by atoms with Crippen molar-refractivity contribution in [2.24, 2.45) is 0 Å². The maximum absolute atomic E-state index is 13.7. The molecule has 1 aromatic heterocycles. The predicted octanol–water partition coefficient (Wildman–Crippen LogP) is 2.55. The van der Waals surface area contributed by atoms with Gasteiger partial charge in [-0.15, -0.1) is 0 Å². The first-order valence-corrected chi connectivity index (χ1v) is 5.52. The van der Waals surface area contributed by atoms with E-state index in [-0.39, 0.29) is 11.6 Å². The topological polar surface area (TPSA) is 30.0 Å². The Morgan fingerprint density at radius 2 is 2.00 bits per heavy atom. The number of benzene rings is 1. The number of rotatable bonds is 0. The van der Waals surface area contributed by atoms with Crippen LogP contribution >= 0.6 is 0 Å². The van der Waals surface area contributed by atoms with Gasteiger partial charge in [-0.05, 0) is 36.1 Å². The second kappa shape index (κ2) is 3.77. The van der Waals surface area contributed by atoms with Gasteiger partial charge in [0.2, 0.25) is 0 Å². The molecule has 1 heterocycles. The molecule has 0 fully saturated rings. The molecule has 0 atom stereocenters. The van der Waals surface area contributed by atoms with Crippen LogP contribution in [0.25, 0.3) is 0 Å². The van der Waals surface area contributed by atoms with Crippen LogP contribution in [0.2, 0.25) is 0 Å². The molecular formula is C14H10FNO. The molecule has 0 aliphatic heterocycles. The predicted molar refractivity (Wildman–Crippen MR) is 61.5 cm³/mol. The summed E-state index contributed by atoms with van der Waals surface area (Å²) in [4.78, 5) is 16.2. The van der Waals surface area contributed by atoms with Crippen LogP contribution in [-0.2, 0) is 12.8 Å². The van der Waals surface area contributed by atoms with Crippen molar-refractivity contribution < 1.29 is 9.18 Å². The average molecular weight is 227 g/mol. The van der Waals surface area contributed by atoms with Crippen molar-refractivity contribution in [3.63, 3.8) is 0 Å². The van der Waals surface area contributed by atoms with E-state index in [1.165, 1.54) is 6.07 Å². The minimum Gasteiger partial charge on any atom is -0.289 e. The fraction of sp³-hybridized carbons (Fsp3) is 0.143. The van der Waals surface area contributed by atoms with Gasteiger partial charge in [0, 0.05) is 23.5 Å². The Bertz CT molecular complexity index is 607. The molecule has 0 saturated carbocycles. The lowest BCUT2D eigenvalue weighted by Crippen LogP contribution is -2.05. The van der Waals surface area contributed by atoms with E-state index in [1.807, 2.05) is 6.07 Å². The minimum atomic E-state index is -0.295. The molecule has 0 N–H and O–H groups in total. The molecule has 0 unspecified atom stereocenters. The lowest BCUT2D eigenvalue weighted by atomic mass is 10.00. The van der Waals surface area contributed by atoms with Gasteiger partial charge in [-0.3, -0.25) is 9.78 Å². The Labute approximate surface area is 98.1 Å². The number of fused-ring (bicyclic) bond motifs is 2. The maximum atomic E-state index is 13.7. The Hall–Kier alpha value is -2.03. The Morgan fingerprint density at radius 3 is 2.88 bits per heavy atom. The third kappa shape index (κ3) is 1.55. The first-order chi connectivity index (χ1) is 8.27. The van der Waals surface area contributed by atoms with E-state index in [4.69, 9.17) is 0 Å². The number of halogens is 1. The summed E-state index contributed by atoms with van der Waals surface area (Å²) in [5.41, 5.74) is 2.53. The molecule has 0 saturated heterocycles. The summed E-state index contributed by atoms with van der Waals surface area (Å²) in [6.45, 7) is 0. The molecule has 2 nitrogen and oxygen atoms in total. The first-order valence-electron chi connectivity index (χ1n) is 5.52. The molecule has 3 heteroatoms. The third-order valence-corrected chi connectivity index (χ3v) is 3.16. The smallest absolute Gasteiger partial charge is 0.195 e. The molecule has 84 valence electrons. The Balaban J connectivity index is 2.24. The fourth-order valence-electron chi connectivity index (χ4n) is 2.28. The lowest BCUT2D eigenvalue weighted by Gasteiger charge is -2.04. The van der Waals surface area contributed by atoms with Crippen LogP contribution in [0.3, 0.4) is 0 Å².